The van der Waals surface area contributed by atoms with Crippen LogP contribution in [0.25, 0.3) is 21.7 Å². The third kappa shape index (κ3) is 2.62. The van der Waals surface area contributed by atoms with Gasteiger partial charge in [-0.05, 0) is 28.5 Å². The smallest absolute Gasteiger partial charge is 0.337 e. The largest absolute Gasteiger partial charge is 0.497 e. The van der Waals surface area contributed by atoms with E-state index in [4.69, 9.17) is 4.74 Å². The fourth-order valence-electron chi connectivity index (χ4n) is 3.31. The van der Waals surface area contributed by atoms with E-state index in [-0.39, 0.29) is 0 Å². The molecule has 0 saturated heterocycles. The summed E-state index contributed by atoms with van der Waals surface area (Å²) in [6, 6.07) is 19.9. The van der Waals surface area contributed by atoms with Crippen molar-refractivity contribution in [3.63, 3.8) is 0 Å². The molecule has 0 radical (unpaired) electrons. The van der Waals surface area contributed by atoms with Crippen LogP contribution in [-0.4, -0.2) is 22.8 Å². The van der Waals surface area contributed by atoms with Crippen LogP contribution >= 0.6 is 0 Å². The molecule has 124 valence electrons. The number of ether oxygens (including phenoxy) is 1. The van der Waals surface area contributed by atoms with Crippen molar-refractivity contribution in [3.05, 3.63) is 78.0 Å². The predicted octanol–water partition coefficient (Wildman–Crippen LogP) is 4.55. The summed E-state index contributed by atoms with van der Waals surface area (Å²) in [6.07, 6.45) is 1.70. The first kappa shape index (κ1) is 15.3. The second kappa shape index (κ2) is 5.98. The van der Waals surface area contributed by atoms with Crippen molar-refractivity contribution in [1.29, 1.82) is 0 Å². The second-order valence-electron chi connectivity index (χ2n) is 6.00. The molecule has 0 aliphatic rings. The average Bonchev–Trinajstić information content (AvgIpc) is 3.00. The second-order valence-corrected chi connectivity index (χ2v) is 6.00. The molecule has 1 heterocycles. The summed E-state index contributed by atoms with van der Waals surface area (Å²) >= 11 is 0. The molecule has 0 fully saturated rings. The molecule has 0 aliphatic carbocycles. The molecule has 3 aromatic carbocycles. The van der Waals surface area contributed by atoms with E-state index in [1.165, 1.54) is 10.8 Å². The van der Waals surface area contributed by atoms with E-state index in [2.05, 4.69) is 24.3 Å². The monoisotopic (exact) mass is 331 g/mol. The van der Waals surface area contributed by atoms with Crippen LogP contribution in [-0.2, 0) is 6.54 Å². The average molecular weight is 331 g/mol. The van der Waals surface area contributed by atoms with Gasteiger partial charge in [0.1, 0.15) is 5.75 Å². The lowest BCUT2D eigenvalue weighted by Crippen LogP contribution is -1.99. The first-order valence-corrected chi connectivity index (χ1v) is 8.04. The SMILES string of the molecule is COc1ccc2c(C(=O)O)cn(Cc3cccc4ccccc34)c2c1. The first-order chi connectivity index (χ1) is 12.2. The van der Waals surface area contributed by atoms with Crippen molar-refractivity contribution >= 4 is 27.6 Å². The minimum absolute atomic E-state index is 0.304. The van der Waals surface area contributed by atoms with Gasteiger partial charge in [0.15, 0.2) is 0 Å². The molecule has 0 atom stereocenters. The summed E-state index contributed by atoms with van der Waals surface area (Å²) in [7, 11) is 1.61. The standard InChI is InChI=1S/C21H17NO3/c1-25-16-9-10-18-19(21(23)24)13-22(20(18)11-16)12-15-7-4-6-14-5-2-3-8-17(14)15/h2-11,13H,12H2,1H3,(H,23,24). The minimum Gasteiger partial charge on any atom is -0.497 e. The highest BCUT2D eigenvalue weighted by Gasteiger charge is 2.15. The van der Waals surface area contributed by atoms with Crippen LogP contribution in [0.1, 0.15) is 15.9 Å². The van der Waals surface area contributed by atoms with Crippen molar-refractivity contribution in [1.82, 2.24) is 4.57 Å². The van der Waals surface area contributed by atoms with Crippen LogP contribution in [0.5, 0.6) is 5.75 Å². The Labute approximate surface area is 144 Å². The number of hydrogen-bond acceptors (Lipinski definition) is 2. The van der Waals surface area contributed by atoms with E-state index in [1.54, 1.807) is 25.4 Å². The van der Waals surface area contributed by atoms with Crippen molar-refractivity contribution in [3.8, 4) is 5.75 Å². The van der Waals surface area contributed by atoms with E-state index in [1.807, 2.05) is 28.8 Å². The molecule has 1 N–H and O–H groups in total. The lowest BCUT2D eigenvalue weighted by Gasteiger charge is -2.10. The Morgan fingerprint density at radius 1 is 1.04 bits per heavy atom. The van der Waals surface area contributed by atoms with Gasteiger partial charge in [0.05, 0.1) is 18.2 Å². The molecule has 0 saturated carbocycles. The van der Waals surface area contributed by atoms with Gasteiger partial charge in [0, 0.05) is 24.2 Å². The summed E-state index contributed by atoms with van der Waals surface area (Å²) < 4.78 is 7.28. The molecular formula is C21H17NO3. The highest BCUT2D eigenvalue weighted by molar-refractivity contribution is 6.04. The van der Waals surface area contributed by atoms with Crippen molar-refractivity contribution in [2.45, 2.75) is 6.54 Å². The first-order valence-electron chi connectivity index (χ1n) is 8.04. The number of carboxylic acid groups (broad SMARTS) is 1. The summed E-state index contributed by atoms with van der Waals surface area (Å²) in [6.45, 7) is 0.596. The maximum absolute atomic E-state index is 11.6. The number of nitrogens with zero attached hydrogens (tertiary/aromatic N) is 1. The summed E-state index contributed by atoms with van der Waals surface area (Å²) in [5, 5.41) is 12.6. The molecule has 4 aromatic rings. The van der Waals surface area contributed by atoms with E-state index >= 15 is 0 Å². The number of methoxy groups -OCH3 is 1. The maximum Gasteiger partial charge on any atom is 0.337 e. The van der Waals surface area contributed by atoms with Crippen LogP contribution in [0.4, 0.5) is 0 Å². The molecule has 1 aromatic heterocycles. The van der Waals surface area contributed by atoms with Crippen LogP contribution < -0.4 is 4.74 Å². The van der Waals surface area contributed by atoms with Crippen molar-refractivity contribution < 1.29 is 14.6 Å². The van der Waals surface area contributed by atoms with Crippen molar-refractivity contribution in [2.75, 3.05) is 7.11 Å². The van der Waals surface area contributed by atoms with Crippen LogP contribution in [0.15, 0.2) is 66.9 Å². The third-order valence-corrected chi connectivity index (χ3v) is 4.54. The number of aromatic carboxylic acids is 1. The van der Waals surface area contributed by atoms with Gasteiger partial charge in [-0.15, -0.1) is 0 Å². The van der Waals surface area contributed by atoms with Gasteiger partial charge in [-0.1, -0.05) is 42.5 Å². The predicted molar refractivity (Wildman–Crippen MR) is 98.5 cm³/mol. The fourth-order valence-corrected chi connectivity index (χ4v) is 3.31. The molecule has 0 bridgehead atoms. The topological polar surface area (TPSA) is 51.5 Å². The Morgan fingerprint density at radius 3 is 2.64 bits per heavy atom. The fraction of sp³-hybridized carbons (Fsp3) is 0.0952. The van der Waals surface area contributed by atoms with Crippen molar-refractivity contribution in [2.24, 2.45) is 0 Å². The van der Waals surface area contributed by atoms with Crippen LogP contribution in [0.3, 0.4) is 0 Å². The number of rotatable bonds is 4. The molecule has 25 heavy (non-hydrogen) atoms. The van der Waals surface area contributed by atoms with Gasteiger partial charge >= 0.3 is 5.97 Å². The van der Waals surface area contributed by atoms with Gasteiger partial charge in [0.2, 0.25) is 0 Å². The normalized spacial score (nSPS) is 11.1. The molecule has 0 aliphatic heterocycles. The Balaban J connectivity index is 1.89. The zero-order chi connectivity index (χ0) is 17.4. The Morgan fingerprint density at radius 2 is 1.84 bits per heavy atom. The number of aromatic nitrogens is 1. The van der Waals surface area contributed by atoms with Gasteiger partial charge in [-0.25, -0.2) is 4.79 Å². The molecule has 4 nitrogen and oxygen atoms in total. The van der Waals surface area contributed by atoms with E-state index in [0.717, 1.165) is 11.1 Å². The Hall–Kier alpha value is -3.27. The van der Waals surface area contributed by atoms with Gasteiger partial charge in [-0.3, -0.25) is 0 Å². The summed E-state index contributed by atoms with van der Waals surface area (Å²) in [4.78, 5) is 11.6. The number of hydrogen-bond donors (Lipinski definition) is 1. The zero-order valence-electron chi connectivity index (χ0n) is 13.8. The number of benzene rings is 3. The zero-order valence-corrected chi connectivity index (χ0v) is 13.8. The summed E-state index contributed by atoms with van der Waals surface area (Å²) in [5.74, 6) is -0.214. The molecule has 4 heteroatoms. The van der Waals surface area contributed by atoms with Crippen LogP contribution in [0, 0.1) is 0 Å². The number of carboxylic acids is 1. The van der Waals surface area contributed by atoms with Crippen LogP contribution in [0.2, 0.25) is 0 Å². The van der Waals surface area contributed by atoms with E-state index in [0.29, 0.717) is 23.2 Å². The molecule has 0 spiro atoms. The van der Waals surface area contributed by atoms with Gasteiger partial charge in [-0.2, -0.15) is 0 Å². The minimum atomic E-state index is -0.924. The van der Waals surface area contributed by atoms with Gasteiger partial charge < -0.3 is 14.4 Å². The Bertz CT molecular complexity index is 1090. The highest BCUT2D eigenvalue weighted by Crippen LogP contribution is 2.28. The number of fused-ring (bicyclic) bond motifs is 2. The summed E-state index contributed by atoms with van der Waals surface area (Å²) in [5.41, 5.74) is 2.30. The maximum atomic E-state index is 11.6. The molecule has 0 unspecified atom stereocenters. The van der Waals surface area contributed by atoms with E-state index in [9.17, 15) is 9.90 Å². The lowest BCUT2D eigenvalue weighted by molar-refractivity contribution is 0.0699. The number of carbonyl (C=O) groups is 1. The molecular weight excluding hydrogens is 314 g/mol. The van der Waals surface area contributed by atoms with Gasteiger partial charge in [0.25, 0.3) is 0 Å². The quantitative estimate of drug-likeness (QED) is 0.597. The lowest BCUT2D eigenvalue weighted by atomic mass is 10.0. The molecule has 4 rings (SSSR count). The van der Waals surface area contributed by atoms with E-state index < -0.39 is 5.97 Å². The molecule has 0 amide bonds. The Kier molecular flexibility index (Phi) is 3.65. The third-order valence-electron chi connectivity index (χ3n) is 4.54. The highest BCUT2D eigenvalue weighted by atomic mass is 16.5.